The Morgan fingerprint density at radius 2 is 1.96 bits per heavy atom. The number of rotatable bonds is 5. The van der Waals surface area contributed by atoms with Gasteiger partial charge in [0.15, 0.2) is 6.61 Å². The van der Waals surface area contributed by atoms with Crippen LogP contribution in [0.25, 0.3) is 0 Å². The Morgan fingerprint density at radius 3 is 2.63 bits per heavy atom. The molecule has 1 aromatic rings. The molecule has 27 heavy (non-hydrogen) atoms. The first-order chi connectivity index (χ1) is 12.9. The Morgan fingerprint density at radius 1 is 1.26 bits per heavy atom. The number of carbonyl (C=O) groups is 3. The molecule has 1 aliphatic heterocycles. The summed E-state index contributed by atoms with van der Waals surface area (Å²) in [5.41, 5.74) is 7.41. The molecule has 0 aromatic heterocycles. The van der Waals surface area contributed by atoms with Gasteiger partial charge >= 0.3 is 0 Å². The van der Waals surface area contributed by atoms with Crippen molar-refractivity contribution in [3.63, 3.8) is 0 Å². The second-order valence-corrected chi connectivity index (χ2v) is 7.47. The minimum absolute atomic E-state index is 0.00000326. The normalized spacial score (nSPS) is 16.7. The number of ether oxygens (including phenoxy) is 1. The summed E-state index contributed by atoms with van der Waals surface area (Å²) < 4.78 is 6.15. The lowest BCUT2D eigenvalue weighted by Gasteiger charge is -2.30. The molecule has 0 bridgehead atoms. The average molecular weight is 436 g/mol. The molecule has 0 saturated carbocycles. The van der Waals surface area contributed by atoms with Crippen molar-refractivity contribution in [2.24, 2.45) is 5.73 Å². The van der Waals surface area contributed by atoms with E-state index in [1.807, 2.05) is 6.92 Å². The molecular formula is C19H22BrN3O4. The lowest BCUT2D eigenvalue weighted by molar-refractivity contribution is -0.121. The number of fused-ring (bicyclic) bond motifs is 1. The highest BCUT2D eigenvalue weighted by Crippen LogP contribution is 2.39. The van der Waals surface area contributed by atoms with E-state index >= 15 is 0 Å². The van der Waals surface area contributed by atoms with E-state index in [1.54, 1.807) is 17.0 Å². The fraction of sp³-hybridized carbons (Fsp3) is 0.421. The van der Waals surface area contributed by atoms with Gasteiger partial charge in [0, 0.05) is 22.2 Å². The minimum Gasteiger partial charge on any atom is -0.482 e. The van der Waals surface area contributed by atoms with E-state index in [0.717, 1.165) is 19.3 Å². The number of nitrogens with two attached hydrogens (primary N) is 1. The zero-order valence-corrected chi connectivity index (χ0v) is 16.7. The summed E-state index contributed by atoms with van der Waals surface area (Å²) >= 11 is 3.44. The first-order valence-electron chi connectivity index (χ1n) is 9.02. The van der Waals surface area contributed by atoms with Gasteiger partial charge < -0.3 is 20.7 Å². The first-order valence-corrected chi connectivity index (χ1v) is 9.81. The van der Waals surface area contributed by atoms with E-state index in [1.165, 1.54) is 0 Å². The number of amides is 3. The van der Waals surface area contributed by atoms with Crippen molar-refractivity contribution in [3.05, 3.63) is 27.8 Å². The van der Waals surface area contributed by atoms with E-state index in [-0.39, 0.29) is 18.4 Å². The van der Waals surface area contributed by atoms with Crippen LogP contribution in [0.4, 0.5) is 11.4 Å². The predicted octanol–water partition coefficient (Wildman–Crippen LogP) is 2.88. The lowest BCUT2D eigenvalue weighted by atomic mass is 9.90. The highest BCUT2D eigenvalue weighted by atomic mass is 79.9. The molecule has 0 atom stereocenters. The SMILES string of the molecule is CCCN1C(=O)COc2cc(Br)c(NC(=O)C3=C(C(N)=O)CCCC3)cc21. The number of primary amides is 1. The van der Waals surface area contributed by atoms with Gasteiger partial charge in [-0.1, -0.05) is 6.92 Å². The number of benzene rings is 1. The van der Waals surface area contributed by atoms with Crippen molar-refractivity contribution in [3.8, 4) is 5.75 Å². The van der Waals surface area contributed by atoms with Gasteiger partial charge in [0.25, 0.3) is 11.8 Å². The molecule has 3 rings (SSSR count). The molecule has 0 fully saturated rings. The van der Waals surface area contributed by atoms with Crippen LogP contribution in [0.1, 0.15) is 39.0 Å². The highest BCUT2D eigenvalue weighted by molar-refractivity contribution is 9.10. The van der Waals surface area contributed by atoms with Crippen LogP contribution in [-0.4, -0.2) is 30.9 Å². The van der Waals surface area contributed by atoms with Crippen LogP contribution in [0, 0.1) is 0 Å². The zero-order chi connectivity index (χ0) is 19.6. The zero-order valence-electron chi connectivity index (χ0n) is 15.1. The molecule has 1 heterocycles. The Hall–Kier alpha value is -2.35. The van der Waals surface area contributed by atoms with E-state index in [0.29, 0.717) is 52.1 Å². The smallest absolute Gasteiger partial charge is 0.265 e. The topological polar surface area (TPSA) is 102 Å². The quantitative estimate of drug-likeness (QED) is 0.741. The van der Waals surface area contributed by atoms with E-state index in [2.05, 4.69) is 21.2 Å². The minimum atomic E-state index is -0.544. The summed E-state index contributed by atoms with van der Waals surface area (Å²) in [5, 5.41) is 2.85. The summed E-state index contributed by atoms with van der Waals surface area (Å²) in [7, 11) is 0. The Kier molecular flexibility index (Phi) is 5.84. The van der Waals surface area contributed by atoms with Crippen molar-refractivity contribution in [2.75, 3.05) is 23.4 Å². The van der Waals surface area contributed by atoms with E-state index in [4.69, 9.17) is 10.5 Å². The monoisotopic (exact) mass is 435 g/mol. The van der Waals surface area contributed by atoms with Gasteiger partial charge in [0.05, 0.1) is 11.4 Å². The fourth-order valence-electron chi connectivity index (χ4n) is 3.41. The van der Waals surface area contributed by atoms with Gasteiger partial charge in [-0.25, -0.2) is 0 Å². The Labute approximate surface area is 166 Å². The summed E-state index contributed by atoms with van der Waals surface area (Å²) in [4.78, 5) is 38.2. The van der Waals surface area contributed by atoms with Crippen molar-refractivity contribution >= 4 is 45.0 Å². The van der Waals surface area contributed by atoms with Crippen molar-refractivity contribution < 1.29 is 19.1 Å². The standard InChI is InChI=1S/C19H22BrN3O4/c1-2-7-23-15-9-14(13(20)8-16(15)27-10-17(23)24)22-19(26)12-6-4-3-5-11(12)18(21)25/h8-9H,2-7,10H2,1H3,(H2,21,25)(H,22,26). The summed E-state index contributed by atoms with van der Waals surface area (Å²) in [6, 6.07) is 3.46. The number of carbonyl (C=O) groups excluding carboxylic acids is 3. The number of hydrogen-bond acceptors (Lipinski definition) is 4. The van der Waals surface area contributed by atoms with Crippen LogP contribution in [0.15, 0.2) is 27.8 Å². The van der Waals surface area contributed by atoms with Gasteiger partial charge in [0.2, 0.25) is 5.91 Å². The third-order valence-electron chi connectivity index (χ3n) is 4.73. The van der Waals surface area contributed by atoms with Gasteiger partial charge in [0.1, 0.15) is 5.75 Å². The van der Waals surface area contributed by atoms with Crippen LogP contribution in [0.2, 0.25) is 0 Å². The summed E-state index contributed by atoms with van der Waals surface area (Å²) in [6.45, 7) is 2.56. The number of hydrogen-bond donors (Lipinski definition) is 2. The third-order valence-corrected chi connectivity index (χ3v) is 5.38. The van der Waals surface area contributed by atoms with E-state index < -0.39 is 5.91 Å². The molecule has 7 nitrogen and oxygen atoms in total. The molecule has 0 unspecified atom stereocenters. The highest BCUT2D eigenvalue weighted by Gasteiger charge is 2.27. The Balaban J connectivity index is 1.92. The fourth-order valence-corrected chi connectivity index (χ4v) is 3.83. The predicted molar refractivity (Wildman–Crippen MR) is 106 cm³/mol. The van der Waals surface area contributed by atoms with Crippen LogP contribution in [0.5, 0.6) is 5.75 Å². The molecule has 144 valence electrons. The average Bonchev–Trinajstić information content (AvgIpc) is 2.65. The van der Waals surface area contributed by atoms with Crippen LogP contribution in [0.3, 0.4) is 0 Å². The van der Waals surface area contributed by atoms with Gasteiger partial charge in [-0.05, 0) is 60.2 Å². The van der Waals surface area contributed by atoms with Crippen molar-refractivity contribution in [2.45, 2.75) is 39.0 Å². The van der Waals surface area contributed by atoms with Gasteiger partial charge in [-0.3, -0.25) is 14.4 Å². The first kappa shape index (κ1) is 19.4. The lowest BCUT2D eigenvalue weighted by Crippen LogP contribution is -2.39. The van der Waals surface area contributed by atoms with Gasteiger partial charge in [-0.15, -0.1) is 0 Å². The molecule has 1 aliphatic carbocycles. The molecule has 2 aliphatic rings. The maximum absolute atomic E-state index is 12.8. The van der Waals surface area contributed by atoms with Crippen molar-refractivity contribution in [1.82, 2.24) is 0 Å². The number of nitrogens with one attached hydrogen (secondary N) is 1. The second-order valence-electron chi connectivity index (χ2n) is 6.62. The third kappa shape index (κ3) is 4.00. The summed E-state index contributed by atoms with van der Waals surface area (Å²) in [6.07, 6.45) is 3.55. The molecule has 1 aromatic carbocycles. The molecule has 3 amide bonds. The molecule has 3 N–H and O–H groups in total. The number of halogens is 1. The Bertz CT molecular complexity index is 834. The van der Waals surface area contributed by atoms with Gasteiger partial charge in [-0.2, -0.15) is 0 Å². The molecule has 0 spiro atoms. The number of anilines is 2. The van der Waals surface area contributed by atoms with Crippen LogP contribution >= 0.6 is 15.9 Å². The maximum atomic E-state index is 12.8. The molecular weight excluding hydrogens is 414 g/mol. The molecule has 8 heteroatoms. The maximum Gasteiger partial charge on any atom is 0.265 e. The van der Waals surface area contributed by atoms with Crippen LogP contribution < -0.4 is 20.7 Å². The van der Waals surface area contributed by atoms with Crippen molar-refractivity contribution in [1.29, 1.82) is 0 Å². The molecule has 0 saturated heterocycles. The largest absolute Gasteiger partial charge is 0.482 e. The summed E-state index contributed by atoms with van der Waals surface area (Å²) in [5.74, 6) is -0.413. The number of nitrogens with zero attached hydrogens (tertiary/aromatic N) is 1. The van der Waals surface area contributed by atoms with Crippen LogP contribution in [-0.2, 0) is 14.4 Å². The molecule has 0 radical (unpaired) electrons. The van der Waals surface area contributed by atoms with E-state index in [9.17, 15) is 14.4 Å². The second kappa shape index (κ2) is 8.12.